The Labute approximate surface area is 111 Å². The van der Waals surface area contributed by atoms with Gasteiger partial charge in [-0.25, -0.2) is 13.2 Å². The fraction of sp³-hybridized carbons (Fsp3) is 0.600. The monoisotopic (exact) mass is 272 g/mol. The van der Waals surface area contributed by atoms with E-state index < -0.39 is 23.6 Å². The number of hydrogen-bond acceptors (Lipinski definition) is 1. The van der Waals surface area contributed by atoms with Gasteiger partial charge in [0.2, 0.25) is 0 Å². The van der Waals surface area contributed by atoms with E-state index in [4.69, 9.17) is 0 Å². The average molecular weight is 272 g/mol. The second kappa shape index (κ2) is 6.42. The molecule has 1 aromatic carbocycles. The summed E-state index contributed by atoms with van der Waals surface area (Å²) in [5, 5.41) is 10.2. The lowest BCUT2D eigenvalue weighted by molar-refractivity contribution is 0.0841. The molecule has 0 bridgehead atoms. The number of rotatable bonds is 2. The third kappa shape index (κ3) is 3.50. The Bertz CT molecular complexity index is 402. The van der Waals surface area contributed by atoms with E-state index in [2.05, 4.69) is 0 Å². The Morgan fingerprint density at radius 2 is 1.37 bits per heavy atom. The zero-order chi connectivity index (χ0) is 13.8. The van der Waals surface area contributed by atoms with Gasteiger partial charge in [0, 0.05) is 12.1 Å². The molecule has 19 heavy (non-hydrogen) atoms. The van der Waals surface area contributed by atoms with E-state index in [0.717, 1.165) is 38.5 Å². The Morgan fingerprint density at radius 1 is 0.895 bits per heavy atom. The van der Waals surface area contributed by atoms with E-state index in [1.54, 1.807) is 0 Å². The Kier molecular flexibility index (Phi) is 4.86. The third-order valence-corrected chi connectivity index (χ3v) is 3.94. The van der Waals surface area contributed by atoms with Gasteiger partial charge in [0.15, 0.2) is 0 Å². The van der Waals surface area contributed by atoms with Crippen molar-refractivity contribution < 1.29 is 18.3 Å². The molecule has 1 nitrogen and oxygen atoms in total. The summed E-state index contributed by atoms with van der Waals surface area (Å²) in [4.78, 5) is 0. The lowest BCUT2D eigenvalue weighted by atomic mass is 9.84. The van der Waals surface area contributed by atoms with E-state index in [1.807, 2.05) is 0 Å². The molecule has 1 N–H and O–H groups in total. The van der Waals surface area contributed by atoms with Crippen LogP contribution in [0.3, 0.4) is 0 Å². The van der Waals surface area contributed by atoms with Crippen LogP contribution in [0.25, 0.3) is 0 Å². The molecule has 0 aliphatic heterocycles. The number of aliphatic hydroxyl groups is 1. The first kappa shape index (κ1) is 14.4. The Morgan fingerprint density at radius 3 is 1.89 bits per heavy atom. The molecule has 0 radical (unpaired) electrons. The summed E-state index contributed by atoms with van der Waals surface area (Å²) in [7, 11) is 0. The molecule has 2 rings (SSSR count). The lowest BCUT2D eigenvalue weighted by Gasteiger charge is -2.25. The smallest absolute Gasteiger partial charge is 0.134 e. The maximum atomic E-state index is 13.7. The minimum absolute atomic E-state index is 0.144. The van der Waals surface area contributed by atoms with Crippen LogP contribution in [0.5, 0.6) is 0 Å². The molecule has 0 saturated heterocycles. The summed E-state index contributed by atoms with van der Waals surface area (Å²) in [5.74, 6) is -3.09. The zero-order valence-corrected chi connectivity index (χ0v) is 10.8. The standard InChI is InChI=1S/C15H19F3O/c16-11-8-12(17)14(13(18)9-11)15(19)10-6-4-2-1-3-5-7-10/h8-10,15,19H,1-7H2. The quantitative estimate of drug-likeness (QED) is 0.840. The van der Waals surface area contributed by atoms with Crippen LogP contribution in [0.4, 0.5) is 13.2 Å². The van der Waals surface area contributed by atoms with E-state index >= 15 is 0 Å². The van der Waals surface area contributed by atoms with Gasteiger partial charge in [-0.1, -0.05) is 32.1 Å². The van der Waals surface area contributed by atoms with Crippen molar-refractivity contribution in [1.29, 1.82) is 0 Å². The molecule has 0 amide bonds. The molecule has 1 fully saturated rings. The van der Waals surface area contributed by atoms with Crippen LogP contribution >= 0.6 is 0 Å². The van der Waals surface area contributed by atoms with E-state index in [1.165, 1.54) is 6.42 Å². The second-order valence-corrected chi connectivity index (χ2v) is 5.33. The van der Waals surface area contributed by atoms with E-state index in [0.29, 0.717) is 12.1 Å². The minimum Gasteiger partial charge on any atom is -0.388 e. The molecule has 0 aromatic heterocycles. The lowest BCUT2D eigenvalue weighted by Crippen LogP contribution is -2.17. The summed E-state index contributed by atoms with van der Waals surface area (Å²) >= 11 is 0. The highest BCUT2D eigenvalue weighted by atomic mass is 19.1. The first-order valence-electron chi connectivity index (χ1n) is 6.92. The van der Waals surface area contributed by atoms with Crippen molar-refractivity contribution in [3.05, 3.63) is 35.1 Å². The van der Waals surface area contributed by atoms with E-state index in [9.17, 15) is 18.3 Å². The van der Waals surface area contributed by atoms with Crippen molar-refractivity contribution in [1.82, 2.24) is 0 Å². The van der Waals surface area contributed by atoms with Crippen LogP contribution in [0, 0.1) is 23.4 Å². The van der Waals surface area contributed by atoms with Crippen LogP contribution in [-0.2, 0) is 0 Å². The summed E-state index contributed by atoms with van der Waals surface area (Å²) in [5.41, 5.74) is -0.382. The highest BCUT2D eigenvalue weighted by molar-refractivity contribution is 5.23. The van der Waals surface area contributed by atoms with Gasteiger partial charge in [-0.3, -0.25) is 0 Å². The third-order valence-electron chi connectivity index (χ3n) is 3.94. The summed E-state index contributed by atoms with van der Waals surface area (Å²) in [6.07, 6.45) is 5.64. The highest BCUT2D eigenvalue weighted by Crippen LogP contribution is 2.35. The molecular formula is C15H19F3O. The molecule has 1 saturated carbocycles. The predicted molar refractivity (Wildman–Crippen MR) is 67.1 cm³/mol. The van der Waals surface area contributed by atoms with Crippen LogP contribution in [0.15, 0.2) is 12.1 Å². The van der Waals surface area contributed by atoms with Gasteiger partial charge in [-0.15, -0.1) is 0 Å². The predicted octanol–water partition coefficient (Wildman–Crippen LogP) is 4.50. The van der Waals surface area contributed by atoms with Gasteiger partial charge in [0.05, 0.1) is 11.7 Å². The maximum Gasteiger partial charge on any atom is 0.134 e. The molecular weight excluding hydrogens is 253 g/mol. The van der Waals surface area contributed by atoms with Crippen molar-refractivity contribution >= 4 is 0 Å². The number of aliphatic hydroxyl groups excluding tert-OH is 1. The normalized spacial score (nSPS) is 19.8. The largest absolute Gasteiger partial charge is 0.388 e. The first-order chi connectivity index (χ1) is 9.09. The van der Waals surface area contributed by atoms with Crippen molar-refractivity contribution in [3.63, 3.8) is 0 Å². The molecule has 1 aliphatic rings. The molecule has 4 heteroatoms. The minimum atomic E-state index is -1.18. The van der Waals surface area contributed by atoms with Crippen molar-refractivity contribution in [2.24, 2.45) is 5.92 Å². The fourth-order valence-electron chi connectivity index (χ4n) is 2.88. The van der Waals surface area contributed by atoms with Crippen LogP contribution in [-0.4, -0.2) is 5.11 Å². The SMILES string of the molecule is OC(c1c(F)cc(F)cc1F)C1CCCCCCC1. The molecule has 0 spiro atoms. The highest BCUT2D eigenvalue weighted by Gasteiger charge is 2.27. The molecule has 1 unspecified atom stereocenters. The van der Waals surface area contributed by atoms with Crippen molar-refractivity contribution in [2.75, 3.05) is 0 Å². The topological polar surface area (TPSA) is 20.2 Å². The number of hydrogen-bond donors (Lipinski definition) is 1. The van der Waals surface area contributed by atoms with Crippen molar-refractivity contribution in [3.8, 4) is 0 Å². The fourth-order valence-corrected chi connectivity index (χ4v) is 2.88. The van der Waals surface area contributed by atoms with Crippen LogP contribution < -0.4 is 0 Å². The molecule has 1 aliphatic carbocycles. The molecule has 1 atom stereocenters. The van der Waals surface area contributed by atoms with Crippen LogP contribution in [0.1, 0.15) is 56.6 Å². The van der Waals surface area contributed by atoms with Gasteiger partial charge in [0.1, 0.15) is 17.5 Å². The summed E-state index contributed by atoms with van der Waals surface area (Å²) in [6.45, 7) is 0. The van der Waals surface area contributed by atoms with E-state index in [-0.39, 0.29) is 11.5 Å². The number of benzene rings is 1. The Balaban J connectivity index is 2.19. The summed E-state index contributed by atoms with van der Waals surface area (Å²) in [6, 6.07) is 1.26. The second-order valence-electron chi connectivity index (χ2n) is 5.33. The van der Waals surface area contributed by atoms with Gasteiger partial charge < -0.3 is 5.11 Å². The summed E-state index contributed by atoms with van der Waals surface area (Å²) < 4.78 is 40.2. The van der Waals surface area contributed by atoms with Crippen LogP contribution in [0.2, 0.25) is 0 Å². The van der Waals surface area contributed by atoms with Gasteiger partial charge >= 0.3 is 0 Å². The Hall–Kier alpha value is -1.03. The maximum absolute atomic E-state index is 13.7. The van der Waals surface area contributed by atoms with Gasteiger partial charge in [-0.05, 0) is 18.8 Å². The van der Waals surface area contributed by atoms with Crippen molar-refractivity contribution in [2.45, 2.75) is 51.0 Å². The van der Waals surface area contributed by atoms with Gasteiger partial charge in [-0.2, -0.15) is 0 Å². The average Bonchev–Trinajstić information content (AvgIpc) is 2.26. The molecule has 106 valence electrons. The molecule has 1 aromatic rings. The number of halogens is 3. The van der Waals surface area contributed by atoms with Gasteiger partial charge in [0.25, 0.3) is 0 Å². The molecule has 0 heterocycles. The first-order valence-corrected chi connectivity index (χ1v) is 6.92. The zero-order valence-electron chi connectivity index (χ0n) is 10.8.